The molecule has 1 spiro atoms. The van der Waals surface area contributed by atoms with Crippen LogP contribution in [0.5, 0.6) is 6.01 Å². The fourth-order valence-electron chi connectivity index (χ4n) is 5.03. The molecule has 0 radical (unpaired) electrons. The van der Waals surface area contributed by atoms with Crippen molar-refractivity contribution in [2.45, 2.75) is 44.1 Å². The molecule has 0 saturated carbocycles. The number of aromatic nitrogens is 2. The summed E-state index contributed by atoms with van der Waals surface area (Å²) in [6.07, 6.45) is -2.27. The maximum atomic E-state index is 13.7. The number of carbonyl (C=O) groups excluding carboxylic acids is 3. The summed E-state index contributed by atoms with van der Waals surface area (Å²) < 4.78 is 64.8. The molecule has 13 heteroatoms. The van der Waals surface area contributed by atoms with Crippen LogP contribution in [0.3, 0.4) is 0 Å². The van der Waals surface area contributed by atoms with Crippen LogP contribution in [0.4, 0.5) is 22.4 Å². The Bertz CT molecular complexity index is 1500. The van der Waals surface area contributed by atoms with Crippen LogP contribution in [-0.2, 0) is 32.9 Å². The van der Waals surface area contributed by atoms with E-state index < -0.39 is 54.6 Å². The number of methoxy groups -OCH3 is 1. The van der Waals surface area contributed by atoms with Crippen LogP contribution >= 0.6 is 0 Å². The predicted molar refractivity (Wildman–Crippen MR) is 135 cm³/mol. The van der Waals surface area contributed by atoms with Gasteiger partial charge >= 0.3 is 18.3 Å². The Kier molecular flexibility index (Phi) is 7.14. The summed E-state index contributed by atoms with van der Waals surface area (Å²) in [6.45, 7) is -0.661. The highest BCUT2D eigenvalue weighted by atomic mass is 19.4. The Balaban J connectivity index is 1.38. The standard InChI is InChI=1S/C28H24F4N4O5/c1-16(28(30,31)32)35(14-17-3-6-21(29)7-4-17)23(37)15-36-24(38)27(41-26(36)39)10-9-19-11-18(5-8-22(19)27)20-12-33-25(40-2)34-13-20/h3-8,11-13,16H,9-10,14-15H2,1-2H3/t16?,27-/m1/s1. The summed E-state index contributed by atoms with van der Waals surface area (Å²) in [6, 6.07) is 7.77. The molecule has 2 aliphatic rings. The topological polar surface area (TPSA) is 102 Å². The number of amides is 3. The van der Waals surface area contributed by atoms with E-state index in [1.54, 1.807) is 24.5 Å². The van der Waals surface area contributed by atoms with Gasteiger partial charge < -0.3 is 14.4 Å². The molecule has 2 heterocycles. The predicted octanol–water partition coefficient (Wildman–Crippen LogP) is 4.39. The molecule has 214 valence electrons. The summed E-state index contributed by atoms with van der Waals surface area (Å²) >= 11 is 0. The van der Waals surface area contributed by atoms with E-state index in [0.29, 0.717) is 27.3 Å². The minimum Gasteiger partial charge on any atom is -0.467 e. The van der Waals surface area contributed by atoms with Crippen molar-refractivity contribution in [3.63, 3.8) is 0 Å². The molecule has 5 rings (SSSR count). The molecule has 1 saturated heterocycles. The molecule has 3 amide bonds. The molecule has 41 heavy (non-hydrogen) atoms. The van der Waals surface area contributed by atoms with Gasteiger partial charge in [-0.15, -0.1) is 0 Å². The molecule has 1 aliphatic heterocycles. The van der Waals surface area contributed by atoms with Crippen LogP contribution in [0, 0.1) is 5.82 Å². The third-order valence-electron chi connectivity index (χ3n) is 7.32. The van der Waals surface area contributed by atoms with Gasteiger partial charge in [-0.1, -0.05) is 30.3 Å². The molecule has 3 aromatic rings. The van der Waals surface area contributed by atoms with Crippen molar-refractivity contribution in [1.29, 1.82) is 0 Å². The first kappa shape index (κ1) is 28.0. The first-order valence-electron chi connectivity index (χ1n) is 12.6. The van der Waals surface area contributed by atoms with Gasteiger partial charge in [0.1, 0.15) is 18.4 Å². The van der Waals surface area contributed by atoms with Gasteiger partial charge in [-0.2, -0.15) is 13.2 Å². The van der Waals surface area contributed by atoms with Crippen LogP contribution < -0.4 is 4.74 Å². The number of nitrogens with zero attached hydrogens (tertiary/aromatic N) is 4. The normalized spacial score (nSPS) is 18.8. The zero-order valence-corrected chi connectivity index (χ0v) is 21.9. The Morgan fingerprint density at radius 1 is 1.12 bits per heavy atom. The van der Waals surface area contributed by atoms with E-state index in [1.807, 2.05) is 6.07 Å². The molecule has 1 aromatic heterocycles. The van der Waals surface area contributed by atoms with Gasteiger partial charge in [-0.05, 0) is 42.2 Å². The van der Waals surface area contributed by atoms with Gasteiger partial charge in [-0.3, -0.25) is 9.59 Å². The maximum absolute atomic E-state index is 13.7. The summed E-state index contributed by atoms with van der Waals surface area (Å²) in [4.78, 5) is 48.8. The second kappa shape index (κ2) is 10.5. The molecule has 2 atom stereocenters. The quantitative estimate of drug-likeness (QED) is 0.387. The van der Waals surface area contributed by atoms with Crippen LogP contribution in [0.1, 0.15) is 30.0 Å². The number of imide groups is 1. The number of benzene rings is 2. The van der Waals surface area contributed by atoms with Crippen molar-refractivity contribution in [2.24, 2.45) is 0 Å². The number of fused-ring (bicyclic) bond motifs is 2. The molecule has 2 aromatic carbocycles. The summed E-state index contributed by atoms with van der Waals surface area (Å²) in [5.74, 6) is -2.53. The lowest BCUT2D eigenvalue weighted by Crippen LogP contribution is -2.51. The zero-order chi connectivity index (χ0) is 29.5. The molecular formula is C28H24F4N4O5. The summed E-state index contributed by atoms with van der Waals surface area (Å²) in [5.41, 5.74) is 1.18. The highest BCUT2D eigenvalue weighted by Crippen LogP contribution is 2.46. The van der Waals surface area contributed by atoms with Crippen molar-refractivity contribution in [2.75, 3.05) is 13.7 Å². The van der Waals surface area contributed by atoms with Gasteiger partial charge in [-0.25, -0.2) is 24.1 Å². The number of rotatable bonds is 7. The number of halogens is 4. The molecule has 0 bridgehead atoms. The monoisotopic (exact) mass is 572 g/mol. The van der Waals surface area contributed by atoms with Crippen molar-refractivity contribution in [3.05, 3.63) is 77.4 Å². The lowest BCUT2D eigenvalue weighted by Gasteiger charge is -2.31. The Morgan fingerprint density at radius 3 is 2.44 bits per heavy atom. The Morgan fingerprint density at radius 2 is 1.80 bits per heavy atom. The molecule has 9 nitrogen and oxygen atoms in total. The van der Waals surface area contributed by atoms with Crippen molar-refractivity contribution in [3.8, 4) is 17.1 Å². The fourth-order valence-corrected chi connectivity index (χ4v) is 5.03. The molecular weight excluding hydrogens is 548 g/mol. The molecule has 1 aliphatic carbocycles. The highest BCUT2D eigenvalue weighted by Gasteiger charge is 2.58. The fraction of sp³-hybridized carbons (Fsp3) is 0.321. The number of aryl methyl sites for hydroxylation is 1. The number of ether oxygens (including phenoxy) is 2. The minimum absolute atomic E-state index is 0.110. The first-order valence-corrected chi connectivity index (χ1v) is 12.6. The smallest absolute Gasteiger partial charge is 0.418 e. The summed E-state index contributed by atoms with van der Waals surface area (Å²) in [7, 11) is 1.45. The van der Waals surface area contributed by atoms with E-state index in [0.717, 1.165) is 30.2 Å². The molecule has 1 unspecified atom stereocenters. The largest absolute Gasteiger partial charge is 0.467 e. The molecule has 0 N–H and O–H groups in total. The van der Waals surface area contributed by atoms with Gasteiger partial charge in [0.05, 0.1) is 7.11 Å². The van der Waals surface area contributed by atoms with Crippen LogP contribution in [0.15, 0.2) is 54.9 Å². The number of alkyl halides is 3. The average molecular weight is 573 g/mol. The van der Waals surface area contributed by atoms with Gasteiger partial charge in [0.15, 0.2) is 0 Å². The number of hydrogen-bond donors (Lipinski definition) is 0. The van der Waals surface area contributed by atoms with E-state index >= 15 is 0 Å². The van der Waals surface area contributed by atoms with Crippen molar-refractivity contribution < 1.29 is 41.4 Å². The van der Waals surface area contributed by atoms with Crippen LogP contribution in [-0.4, -0.2) is 63.5 Å². The number of carbonyl (C=O) groups is 3. The third kappa shape index (κ3) is 5.19. The third-order valence-corrected chi connectivity index (χ3v) is 7.32. The maximum Gasteiger partial charge on any atom is 0.418 e. The first-order chi connectivity index (χ1) is 19.4. The van der Waals surface area contributed by atoms with E-state index in [-0.39, 0.29) is 18.0 Å². The second-order valence-electron chi connectivity index (χ2n) is 9.78. The Hall–Kier alpha value is -4.55. The average Bonchev–Trinajstić information content (AvgIpc) is 3.43. The van der Waals surface area contributed by atoms with Gasteiger partial charge in [0.2, 0.25) is 11.5 Å². The SMILES string of the molecule is COc1ncc(-c2ccc3c(c2)CC[C@@]32OC(=O)N(CC(=O)N(Cc3ccc(F)cc3)C(C)C(F)(F)F)C2=O)cn1. The van der Waals surface area contributed by atoms with Crippen LogP contribution in [0.25, 0.3) is 11.1 Å². The second-order valence-corrected chi connectivity index (χ2v) is 9.78. The zero-order valence-electron chi connectivity index (χ0n) is 21.9. The van der Waals surface area contributed by atoms with E-state index in [4.69, 9.17) is 9.47 Å². The van der Waals surface area contributed by atoms with E-state index in [2.05, 4.69) is 9.97 Å². The summed E-state index contributed by atoms with van der Waals surface area (Å²) in [5, 5.41) is 0. The highest BCUT2D eigenvalue weighted by molar-refractivity contribution is 6.06. The minimum atomic E-state index is -4.79. The lowest BCUT2D eigenvalue weighted by molar-refractivity contribution is -0.187. The van der Waals surface area contributed by atoms with Crippen molar-refractivity contribution in [1.82, 2.24) is 19.8 Å². The Labute approximate surface area is 231 Å². The van der Waals surface area contributed by atoms with Crippen molar-refractivity contribution >= 4 is 17.9 Å². The van der Waals surface area contributed by atoms with Gasteiger partial charge in [0.25, 0.3) is 5.91 Å². The molecule has 1 fully saturated rings. The number of hydrogen-bond acceptors (Lipinski definition) is 7. The van der Waals surface area contributed by atoms with E-state index in [9.17, 15) is 31.9 Å². The van der Waals surface area contributed by atoms with E-state index in [1.165, 1.54) is 19.2 Å². The van der Waals surface area contributed by atoms with Crippen LogP contribution in [0.2, 0.25) is 0 Å². The lowest BCUT2D eigenvalue weighted by atomic mass is 9.93. The van der Waals surface area contributed by atoms with Gasteiger partial charge in [0, 0.05) is 36.5 Å².